The minimum atomic E-state index is -0.779. The maximum Gasteiger partial charge on any atom is 0.243 e. The zero-order valence-corrected chi connectivity index (χ0v) is 15.2. The number of piperazine rings is 1. The van der Waals surface area contributed by atoms with Crippen molar-refractivity contribution in [1.82, 2.24) is 19.9 Å². The lowest BCUT2D eigenvalue weighted by molar-refractivity contribution is -0.142. The number of hydrogen-bond donors (Lipinski definition) is 0. The second kappa shape index (κ2) is 7.52. The molecular weight excluding hydrogens is 318 g/mol. The van der Waals surface area contributed by atoms with Crippen LogP contribution in [0.5, 0.6) is 0 Å². The molecular formula is C18H27N5O2. The lowest BCUT2D eigenvalue weighted by Gasteiger charge is -2.39. The van der Waals surface area contributed by atoms with Crippen molar-refractivity contribution in [2.45, 2.75) is 58.4 Å². The minimum Gasteiger partial charge on any atom is -0.339 e. The fourth-order valence-corrected chi connectivity index (χ4v) is 3.70. The molecule has 3 rings (SSSR count). The Balaban J connectivity index is 1.54. The topological polar surface area (TPSA) is 86.3 Å². The number of amides is 1. The molecule has 1 saturated carbocycles. The summed E-state index contributed by atoms with van der Waals surface area (Å²) in [6.07, 6.45) is 4.52. The molecule has 1 aromatic rings. The number of rotatable bonds is 4. The van der Waals surface area contributed by atoms with Gasteiger partial charge in [-0.2, -0.15) is 10.2 Å². The molecule has 1 aliphatic carbocycles. The summed E-state index contributed by atoms with van der Waals surface area (Å²) in [7, 11) is 0. The third kappa shape index (κ3) is 3.84. The van der Waals surface area contributed by atoms with E-state index in [1.165, 1.54) is 0 Å². The Morgan fingerprint density at radius 2 is 1.92 bits per heavy atom. The van der Waals surface area contributed by atoms with Crippen LogP contribution in [0, 0.1) is 16.7 Å². The molecule has 2 fully saturated rings. The monoisotopic (exact) mass is 345 g/mol. The van der Waals surface area contributed by atoms with E-state index in [2.05, 4.69) is 21.1 Å². The van der Waals surface area contributed by atoms with Gasteiger partial charge in [0.05, 0.1) is 12.6 Å². The lowest BCUT2D eigenvalue weighted by Crippen LogP contribution is -2.53. The Labute approximate surface area is 149 Å². The molecule has 7 nitrogen and oxygen atoms in total. The molecule has 25 heavy (non-hydrogen) atoms. The van der Waals surface area contributed by atoms with Gasteiger partial charge in [-0.15, -0.1) is 0 Å². The van der Waals surface area contributed by atoms with Gasteiger partial charge in [0.15, 0.2) is 5.82 Å². The molecule has 2 aliphatic rings. The van der Waals surface area contributed by atoms with Crippen molar-refractivity contribution in [3.05, 3.63) is 11.7 Å². The van der Waals surface area contributed by atoms with Crippen LogP contribution < -0.4 is 0 Å². The van der Waals surface area contributed by atoms with E-state index in [1.807, 2.05) is 18.7 Å². The van der Waals surface area contributed by atoms with Crippen LogP contribution in [0.4, 0.5) is 0 Å². The van der Waals surface area contributed by atoms with Gasteiger partial charge in [-0.1, -0.05) is 38.3 Å². The minimum absolute atomic E-state index is 0.0363. The summed E-state index contributed by atoms with van der Waals surface area (Å²) in [5.74, 6) is 1.65. The van der Waals surface area contributed by atoms with E-state index in [9.17, 15) is 10.1 Å². The molecule has 0 aromatic carbocycles. The second-order valence-corrected chi connectivity index (χ2v) is 7.52. The maximum atomic E-state index is 12.9. The number of carbonyl (C=O) groups excluding carboxylic acids is 1. The van der Waals surface area contributed by atoms with E-state index in [1.54, 1.807) is 0 Å². The molecule has 0 atom stereocenters. The van der Waals surface area contributed by atoms with Crippen molar-refractivity contribution in [2.75, 3.05) is 26.2 Å². The van der Waals surface area contributed by atoms with Gasteiger partial charge >= 0.3 is 0 Å². The van der Waals surface area contributed by atoms with E-state index in [0.29, 0.717) is 38.4 Å². The number of carbonyl (C=O) groups is 1. The summed E-state index contributed by atoms with van der Waals surface area (Å²) in [4.78, 5) is 21.4. The van der Waals surface area contributed by atoms with Gasteiger partial charge < -0.3 is 9.42 Å². The smallest absolute Gasteiger partial charge is 0.243 e. The van der Waals surface area contributed by atoms with Crippen LogP contribution in [0.3, 0.4) is 0 Å². The van der Waals surface area contributed by atoms with E-state index < -0.39 is 5.41 Å². The quantitative estimate of drug-likeness (QED) is 0.832. The van der Waals surface area contributed by atoms with Gasteiger partial charge in [-0.05, 0) is 12.8 Å². The first-order valence-corrected chi connectivity index (χ1v) is 9.29. The standard InChI is InChI=1S/C18H27N5O2/c1-14(2)16-20-15(25-21-16)12-22-8-10-23(11-9-22)17(24)18(13-19)6-4-3-5-7-18/h14H,3-12H2,1-2H3. The highest BCUT2D eigenvalue weighted by molar-refractivity contribution is 5.85. The Hall–Kier alpha value is -1.94. The van der Waals surface area contributed by atoms with Crippen molar-refractivity contribution >= 4 is 5.91 Å². The Morgan fingerprint density at radius 1 is 1.24 bits per heavy atom. The molecule has 0 unspecified atom stereocenters. The predicted molar refractivity (Wildman–Crippen MR) is 91.4 cm³/mol. The molecule has 1 aliphatic heterocycles. The van der Waals surface area contributed by atoms with E-state index >= 15 is 0 Å². The molecule has 1 aromatic heterocycles. The number of nitriles is 1. The van der Waals surface area contributed by atoms with Crippen molar-refractivity contribution in [2.24, 2.45) is 5.41 Å². The van der Waals surface area contributed by atoms with Crippen molar-refractivity contribution in [1.29, 1.82) is 5.26 Å². The van der Waals surface area contributed by atoms with Gasteiger partial charge in [0.1, 0.15) is 5.41 Å². The van der Waals surface area contributed by atoms with Crippen LogP contribution in [-0.4, -0.2) is 52.0 Å². The Kier molecular flexibility index (Phi) is 5.38. The normalized spacial score (nSPS) is 21.3. The lowest BCUT2D eigenvalue weighted by atomic mass is 9.74. The van der Waals surface area contributed by atoms with Crippen molar-refractivity contribution < 1.29 is 9.32 Å². The first kappa shape index (κ1) is 17.9. The first-order chi connectivity index (χ1) is 12.0. The fraction of sp³-hybridized carbons (Fsp3) is 0.778. The molecule has 2 heterocycles. The van der Waals surface area contributed by atoms with Crippen LogP contribution >= 0.6 is 0 Å². The number of hydrogen-bond acceptors (Lipinski definition) is 6. The summed E-state index contributed by atoms with van der Waals surface area (Å²) in [6.45, 7) is 7.55. The number of nitrogens with zero attached hydrogens (tertiary/aromatic N) is 5. The summed E-state index contributed by atoms with van der Waals surface area (Å²) < 4.78 is 5.31. The molecule has 7 heteroatoms. The van der Waals surface area contributed by atoms with E-state index in [0.717, 1.165) is 38.2 Å². The summed E-state index contributed by atoms with van der Waals surface area (Å²) in [5, 5.41) is 13.6. The van der Waals surface area contributed by atoms with Crippen LogP contribution in [-0.2, 0) is 11.3 Å². The summed E-state index contributed by atoms with van der Waals surface area (Å²) in [5.41, 5.74) is -0.779. The van der Waals surface area contributed by atoms with E-state index in [-0.39, 0.29) is 11.8 Å². The van der Waals surface area contributed by atoms with Gasteiger partial charge in [0, 0.05) is 32.1 Å². The fourth-order valence-electron chi connectivity index (χ4n) is 3.70. The van der Waals surface area contributed by atoms with Crippen LogP contribution in [0.1, 0.15) is 63.6 Å². The zero-order valence-electron chi connectivity index (χ0n) is 15.2. The van der Waals surface area contributed by atoms with Gasteiger partial charge in [-0.3, -0.25) is 9.69 Å². The summed E-state index contributed by atoms with van der Waals surface area (Å²) in [6, 6.07) is 2.34. The second-order valence-electron chi connectivity index (χ2n) is 7.52. The average molecular weight is 345 g/mol. The molecule has 0 bridgehead atoms. The Morgan fingerprint density at radius 3 is 2.48 bits per heavy atom. The highest BCUT2D eigenvalue weighted by atomic mass is 16.5. The van der Waals surface area contributed by atoms with Crippen molar-refractivity contribution in [3.8, 4) is 6.07 Å². The van der Waals surface area contributed by atoms with Gasteiger partial charge in [0.2, 0.25) is 11.8 Å². The van der Waals surface area contributed by atoms with Crippen molar-refractivity contribution in [3.63, 3.8) is 0 Å². The highest BCUT2D eigenvalue weighted by Crippen LogP contribution is 2.37. The SMILES string of the molecule is CC(C)c1noc(CN2CCN(C(=O)C3(C#N)CCCCC3)CC2)n1. The van der Waals surface area contributed by atoms with Crippen LogP contribution in [0.25, 0.3) is 0 Å². The maximum absolute atomic E-state index is 12.9. The first-order valence-electron chi connectivity index (χ1n) is 9.29. The molecule has 0 radical (unpaired) electrons. The molecule has 1 saturated heterocycles. The molecule has 0 spiro atoms. The number of aromatic nitrogens is 2. The third-order valence-corrected chi connectivity index (χ3v) is 5.35. The van der Waals surface area contributed by atoms with Gasteiger partial charge in [0.25, 0.3) is 0 Å². The largest absolute Gasteiger partial charge is 0.339 e. The van der Waals surface area contributed by atoms with Gasteiger partial charge in [-0.25, -0.2) is 0 Å². The van der Waals surface area contributed by atoms with Crippen LogP contribution in [0.2, 0.25) is 0 Å². The van der Waals surface area contributed by atoms with E-state index in [4.69, 9.17) is 4.52 Å². The molecule has 0 N–H and O–H groups in total. The molecule has 136 valence electrons. The Bertz CT molecular complexity index is 634. The average Bonchev–Trinajstić information content (AvgIpc) is 3.11. The summed E-state index contributed by atoms with van der Waals surface area (Å²) >= 11 is 0. The van der Waals surface area contributed by atoms with Crippen LogP contribution in [0.15, 0.2) is 4.52 Å². The zero-order chi connectivity index (χ0) is 17.9. The predicted octanol–water partition coefficient (Wildman–Crippen LogP) is 2.31. The third-order valence-electron chi connectivity index (χ3n) is 5.35. The highest BCUT2D eigenvalue weighted by Gasteiger charge is 2.43. The molecule has 1 amide bonds.